The largest absolute Gasteiger partial charge is 0.355 e. The van der Waals surface area contributed by atoms with Gasteiger partial charge in [-0.25, -0.2) is 9.97 Å². The molecule has 5 nitrogen and oxygen atoms in total. The van der Waals surface area contributed by atoms with Gasteiger partial charge >= 0.3 is 0 Å². The number of nitrogens with one attached hydrogen (secondary N) is 1. The molecule has 0 bridgehead atoms. The highest BCUT2D eigenvalue weighted by atomic mass is 32.2. The van der Waals surface area contributed by atoms with E-state index in [1.165, 1.54) is 17.3 Å². The molecule has 0 saturated heterocycles. The van der Waals surface area contributed by atoms with Gasteiger partial charge in [0.2, 0.25) is 5.91 Å². The number of aromatic nitrogens is 3. The Balaban J connectivity index is 1.49. The van der Waals surface area contributed by atoms with E-state index in [1.54, 1.807) is 6.20 Å². The fourth-order valence-electron chi connectivity index (χ4n) is 2.30. The second kappa shape index (κ2) is 7.28. The maximum atomic E-state index is 11.9. The van der Waals surface area contributed by atoms with Crippen LogP contribution in [0.4, 0.5) is 0 Å². The molecule has 0 spiro atoms. The fraction of sp³-hybridized carbons (Fsp3) is 0.235. The molecule has 2 heterocycles. The molecule has 0 radical (unpaired) electrons. The highest BCUT2D eigenvalue weighted by Gasteiger charge is 2.10. The molecule has 118 valence electrons. The second-order valence-electron chi connectivity index (χ2n) is 5.17. The van der Waals surface area contributed by atoms with Gasteiger partial charge in [-0.05, 0) is 24.1 Å². The van der Waals surface area contributed by atoms with Crippen LogP contribution in [0.3, 0.4) is 0 Å². The number of thioether (sulfide) groups is 1. The third kappa shape index (κ3) is 3.90. The summed E-state index contributed by atoms with van der Waals surface area (Å²) in [6.45, 7) is 0.646. The highest BCUT2D eigenvalue weighted by Crippen LogP contribution is 2.20. The Kier molecular flexibility index (Phi) is 4.92. The lowest BCUT2D eigenvalue weighted by atomic mass is 10.1. The molecular weight excluding hydrogens is 308 g/mol. The van der Waals surface area contributed by atoms with E-state index in [-0.39, 0.29) is 5.91 Å². The van der Waals surface area contributed by atoms with Crippen molar-refractivity contribution in [3.8, 4) is 0 Å². The fourth-order valence-corrected chi connectivity index (χ4v) is 3.11. The summed E-state index contributed by atoms with van der Waals surface area (Å²) in [5.74, 6) is 0.373. The molecule has 0 unspecified atom stereocenters. The number of amides is 1. The molecule has 0 aliphatic rings. The standard InChI is InChI=1S/C17H18N4OS/c1-21-16-14(8-5-10-19-16)20-17(21)23-12-15(22)18-11-9-13-6-3-2-4-7-13/h2-8,10H,9,11-12H2,1H3,(H,18,22). The first-order chi connectivity index (χ1) is 11.2. The van der Waals surface area contributed by atoms with Crippen LogP contribution >= 0.6 is 11.8 Å². The lowest BCUT2D eigenvalue weighted by molar-refractivity contribution is -0.118. The average Bonchev–Trinajstić information content (AvgIpc) is 2.90. The molecule has 2 aromatic heterocycles. The minimum atomic E-state index is 0.0194. The van der Waals surface area contributed by atoms with Crippen LogP contribution in [-0.2, 0) is 18.3 Å². The molecule has 0 saturated carbocycles. The Morgan fingerprint density at radius 3 is 2.83 bits per heavy atom. The molecule has 1 amide bonds. The highest BCUT2D eigenvalue weighted by molar-refractivity contribution is 7.99. The van der Waals surface area contributed by atoms with Crippen molar-refractivity contribution in [1.82, 2.24) is 19.9 Å². The number of pyridine rings is 1. The molecule has 0 atom stereocenters. The van der Waals surface area contributed by atoms with Gasteiger partial charge in [0, 0.05) is 19.8 Å². The van der Waals surface area contributed by atoms with Gasteiger partial charge in [-0.3, -0.25) is 4.79 Å². The maximum Gasteiger partial charge on any atom is 0.230 e. The monoisotopic (exact) mass is 326 g/mol. The molecule has 23 heavy (non-hydrogen) atoms. The van der Waals surface area contributed by atoms with E-state index < -0.39 is 0 Å². The van der Waals surface area contributed by atoms with E-state index in [0.29, 0.717) is 12.3 Å². The molecule has 0 aliphatic heterocycles. The Labute approximate surface area is 139 Å². The number of aryl methyl sites for hydroxylation is 1. The third-order valence-corrected chi connectivity index (χ3v) is 4.53. The number of carbonyl (C=O) groups excluding carboxylic acids is 1. The number of imidazole rings is 1. The van der Waals surface area contributed by atoms with Crippen LogP contribution in [0.25, 0.3) is 11.2 Å². The number of hydrogen-bond acceptors (Lipinski definition) is 4. The van der Waals surface area contributed by atoms with Crippen molar-refractivity contribution in [3.05, 3.63) is 54.2 Å². The van der Waals surface area contributed by atoms with Crippen LogP contribution < -0.4 is 5.32 Å². The molecule has 3 rings (SSSR count). The van der Waals surface area contributed by atoms with Crippen molar-refractivity contribution in [2.75, 3.05) is 12.3 Å². The number of benzene rings is 1. The van der Waals surface area contributed by atoms with E-state index in [1.807, 2.05) is 41.9 Å². The summed E-state index contributed by atoms with van der Waals surface area (Å²) < 4.78 is 1.91. The van der Waals surface area contributed by atoms with Crippen molar-refractivity contribution in [2.24, 2.45) is 7.05 Å². The van der Waals surface area contributed by atoms with E-state index in [2.05, 4.69) is 27.4 Å². The summed E-state index contributed by atoms with van der Waals surface area (Å²) in [6, 6.07) is 13.9. The van der Waals surface area contributed by atoms with Gasteiger partial charge in [0.1, 0.15) is 5.52 Å². The summed E-state index contributed by atoms with van der Waals surface area (Å²) in [5.41, 5.74) is 2.91. The van der Waals surface area contributed by atoms with E-state index in [4.69, 9.17) is 0 Å². The third-order valence-electron chi connectivity index (χ3n) is 3.50. The zero-order valence-electron chi connectivity index (χ0n) is 12.9. The van der Waals surface area contributed by atoms with Crippen LogP contribution in [0.1, 0.15) is 5.56 Å². The average molecular weight is 326 g/mol. The van der Waals surface area contributed by atoms with Crippen LogP contribution in [0.5, 0.6) is 0 Å². The lowest BCUT2D eigenvalue weighted by Gasteiger charge is -2.05. The topological polar surface area (TPSA) is 59.8 Å². The van der Waals surface area contributed by atoms with Gasteiger partial charge < -0.3 is 9.88 Å². The first-order valence-electron chi connectivity index (χ1n) is 7.45. The van der Waals surface area contributed by atoms with E-state index >= 15 is 0 Å². The van der Waals surface area contributed by atoms with Crippen molar-refractivity contribution >= 4 is 28.8 Å². The van der Waals surface area contributed by atoms with Crippen molar-refractivity contribution in [2.45, 2.75) is 11.6 Å². The van der Waals surface area contributed by atoms with Crippen molar-refractivity contribution < 1.29 is 4.79 Å². The molecule has 1 aromatic carbocycles. The maximum absolute atomic E-state index is 11.9. The summed E-state index contributed by atoms with van der Waals surface area (Å²) in [4.78, 5) is 20.7. The van der Waals surface area contributed by atoms with Gasteiger partial charge in [0.15, 0.2) is 10.8 Å². The second-order valence-corrected chi connectivity index (χ2v) is 6.12. The van der Waals surface area contributed by atoms with Gasteiger partial charge in [-0.15, -0.1) is 0 Å². The summed E-state index contributed by atoms with van der Waals surface area (Å²) in [7, 11) is 1.91. The number of carbonyl (C=O) groups is 1. The Morgan fingerprint density at radius 1 is 1.22 bits per heavy atom. The van der Waals surface area contributed by atoms with Gasteiger partial charge in [-0.2, -0.15) is 0 Å². The molecular formula is C17H18N4OS. The molecule has 0 fully saturated rings. The van der Waals surface area contributed by atoms with Crippen molar-refractivity contribution in [3.63, 3.8) is 0 Å². The lowest BCUT2D eigenvalue weighted by Crippen LogP contribution is -2.27. The predicted octanol–water partition coefficient (Wildman–Crippen LogP) is 2.42. The number of hydrogen-bond donors (Lipinski definition) is 1. The Bertz CT molecular complexity index is 801. The first kappa shape index (κ1) is 15.6. The minimum absolute atomic E-state index is 0.0194. The number of fused-ring (bicyclic) bond motifs is 1. The van der Waals surface area contributed by atoms with Crippen LogP contribution in [0.15, 0.2) is 53.8 Å². The zero-order valence-corrected chi connectivity index (χ0v) is 13.7. The quantitative estimate of drug-likeness (QED) is 0.707. The molecule has 6 heteroatoms. The SMILES string of the molecule is Cn1c(SCC(=O)NCCc2ccccc2)nc2cccnc21. The Hall–Kier alpha value is -2.34. The van der Waals surface area contributed by atoms with Crippen LogP contribution in [0.2, 0.25) is 0 Å². The zero-order chi connectivity index (χ0) is 16.1. The summed E-state index contributed by atoms with van der Waals surface area (Å²) >= 11 is 1.43. The first-order valence-corrected chi connectivity index (χ1v) is 8.43. The summed E-state index contributed by atoms with van der Waals surface area (Å²) in [6.07, 6.45) is 2.59. The number of nitrogens with zero attached hydrogens (tertiary/aromatic N) is 3. The van der Waals surface area contributed by atoms with Crippen LogP contribution in [-0.4, -0.2) is 32.7 Å². The molecule has 3 aromatic rings. The summed E-state index contributed by atoms with van der Waals surface area (Å²) in [5, 5.41) is 3.74. The predicted molar refractivity (Wildman–Crippen MR) is 92.4 cm³/mol. The number of rotatable bonds is 6. The van der Waals surface area contributed by atoms with Gasteiger partial charge in [-0.1, -0.05) is 42.1 Å². The molecule has 0 aliphatic carbocycles. The van der Waals surface area contributed by atoms with Gasteiger partial charge in [0.05, 0.1) is 5.75 Å². The van der Waals surface area contributed by atoms with Crippen LogP contribution in [0, 0.1) is 0 Å². The van der Waals surface area contributed by atoms with Crippen molar-refractivity contribution in [1.29, 1.82) is 0 Å². The minimum Gasteiger partial charge on any atom is -0.355 e. The Morgan fingerprint density at radius 2 is 2.04 bits per heavy atom. The molecule has 1 N–H and O–H groups in total. The normalized spacial score (nSPS) is 10.8. The van der Waals surface area contributed by atoms with E-state index in [9.17, 15) is 4.79 Å². The van der Waals surface area contributed by atoms with E-state index in [0.717, 1.165) is 22.7 Å². The smallest absolute Gasteiger partial charge is 0.230 e. The van der Waals surface area contributed by atoms with Gasteiger partial charge in [0.25, 0.3) is 0 Å².